The summed E-state index contributed by atoms with van der Waals surface area (Å²) >= 11 is 7.59. The summed E-state index contributed by atoms with van der Waals surface area (Å²) in [6.07, 6.45) is -4.60. The van der Waals surface area contributed by atoms with Crippen LogP contribution in [-0.2, 0) is 4.79 Å². The number of benzene rings is 2. The zero-order valence-electron chi connectivity index (χ0n) is 15.1. The van der Waals surface area contributed by atoms with E-state index in [0.29, 0.717) is 22.7 Å². The van der Waals surface area contributed by atoms with Crippen LogP contribution in [0.5, 0.6) is 5.75 Å². The van der Waals surface area contributed by atoms with Crippen LogP contribution in [0.2, 0.25) is 5.02 Å². The minimum Gasteiger partial charge on any atom is -0.489 e. The van der Waals surface area contributed by atoms with Crippen molar-refractivity contribution in [1.82, 2.24) is 4.98 Å². The normalized spacial score (nSPS) is 11.7. The van der Waals surface area contributed by atoms with E-state index in [1.807, 2.05) is 42.5 Å². The number of carboxylic acids is 1. The fourth-order valence-electron chi connectivity index (χ4n) is 2.03. The molecule has 2 aromatic carbocycles. The van der Waals surface area contributed by atoms with Gasteiger partial charge in [-0.1, -0.05) is 11.6 Å². The van der Waals surface area contributed by atoms with Crippen LogP contribution in [0.4, 0.5) is 17.6 Å². The molecule has 0 aliphatic heterocycles. The maximum atomic E-state index is 12.4. The van der Waals surface area contributed by atoms with Crippen LogP contribution >= 0.6 is 22.9 Å². The van der Waals surface area contributed by atoms with Crippen LogP contribution in [0.25, 0.3) is 20.8 Å². The molecule has 1 aromatic heterocycles. The van der Waals surface area contributed by atoms with Gasteiger partial charge in [0.1, 0.15) is 17.4 Å². The Labute approximate surface area is 177 Å². The number of rotatable bonds is 5. The van der Waals surface area contributed by atoms with E-state index in [1.165, 1.54) is 0 Å². The Morgan fingerprint density at radius 3 is 2.40 bits per heavy atom. The number of halogens is 5. The average Bonchev–Trinajstić information content (AvgIpc) is 3.12. The summed E-state index contributed by atoms with van der Waals surface area (Å²) in [5.74, 6) is -2.10. The fourth-order valence-corrected chi connectivity index (χ4v) is 3.27. The van der Waals surface area contributed by atoms with Crippen molar-refractivity contribution in [3.63, 3.8) is 0 Å². The number of nitrogens with two attached hydrogens (primary N) is 1. The molecule has 0 aliphatic rings. The minimum atomic E-state index is -5.08. The predicted octanol–water partition coefficient (Wildman–Crippen LogP) is 5.44. The molecule has 0 saturated carbocycles. The molecule has 3 N–H and O–H groups in total. The molecule has 0 saturated heterocycles. The van der Waals surface area contributed by atoms with E-state index in [4.69, 9.17) is 32.0 Å². The highest BCUT2D eigenvalue weighted by Crippen LogP contribution is 2.32. The SMILES string of the molecule is NCC(=CF)COc1ccc(-c2nc3ccc(Cl)cc3s2)cc1.O=C(O)C(F)(F)F. The average molecular weight is 463 g/mol. The van der Waals surface area contributed by atoms with E-state index in [2.05, 4.69) is 4.98 Å². The number of alkyl halides is 3. The van der Waals surface area contributed by atoms with Gasteiger partial charge in [0.05, 0.1) is 16.5 Å². The highest BCUT2D eigenvalue weighted by atomic mass is 35.5. The lowest BCUT2D eigenvalue weighted by Crippen LogP contribution is -2.21. The van der Waals surface area contributed by atoms with Gasteiger partial charge < -0.3 is 15.6 Å². The van der Waals surface area contributed by atoms with Crippen molar-refractivity contribution >= 4 is 39.1 Å². The van der Waals surface area contributed by atoms with E-state index in [-0.39, 0.29) is 13.2 Å². The van der Waals surface area contributed by atoms with Gasteiger partial charge in [-0.05, 0) is 42.5 Å². The third kappa shape index (κ3) is 6.68. The molecule has 30 heavy (non-hydrogen) atoms. The van der Waals surface area contributed by atoms with Crippen molar-refractivity contribution < 1.29 is 32.2 Å². The molecule has 3 aromatic rings. The Bertz CT molecular complexity index is 1040. The van der Waals surface area contributed by atoms with Crippen LogP contribution in [0.3, 0.4) is 0 Å². The van der Waals surface area contributed by atoms with Gasteiger partial charge in [0.15, 0.2) is 0 Å². The summed E-state index contributed by atoms with van der Waals surface area (Å²) in [4.78, 5) is 13.5. The van der Waals surface area contributed by atoms with E-state index < -0.39 is 12.1 Å². The summed E-state index contributed by atoms with van der Waals surface area (Å²) in [6.45, 7) is 0.287. The Morgan fingerprint density at radius 1 is 1.23 bits per heavy atom. The molecule has 0 atom stereocenters. The Kier molecular flexibility index (Phi) is 8.16. The molecule has 0 aliphatic carbocycles. The van der Waals surface area contributed by atoms with Crippen LogP contribution in [-0.4, -0.2) is 35.4 Å². The molecule has 0 amide bonds. The first kappa shape index (κ1) is 23.6. The number of fused-ring (bicyclic) bond motifs is 1. The van der Waals surface area contributed by atoms with Gasteiger partial charge >= 0.3 is 12.1 Å². The minimum absolute atomic E-state index is 0.142. The zero-order chi connectivity index (χ0) is 22.3. The fraction of sp³-hybridized carbons (Fsp3) is 0.158. The number of nitrogens with zero attached hydrogens (tertiary/aromatic N) is 1. The summed E-state index contributed by atoms with van der Waals surface area (Å²) in [5.41, 5.74) is 7.73. The van der Waals surface area contributed by atoms with Crippen LogP contribution in [0.1, 0.15) is 0 Å². The molecular formula is C19H15ClF4N2O3S. The maximum Gasteiger partial charge on any atom is 0.490 e. The second-order valence-corrected chi connectivity index (χ2v) is 7.19. The van der Waals surface area contributed by atoms with E-state index in [0.717, 1.165) is 20.8 Å². The second-order valence-electron chi connectivity index (χ2n) is 5.72. The number of hydrogen-bond donors (Lipinski definition) is 2. The van der Waals surface area contributed by atoms with Crippen molar-refractivity contribution in [2.24, 2.45) is 5.73 Å². The number of hydrogen-bond acceptors (Lipinski definition) is 5. The highest BCUT2D eigenvalue weighted by Gasteiger charge is 2.38. The second kappa shape index (κ2) is 10.4. The largest absolute Gasteiger partial charge is 0.490 e. The van der Waals surface area contributed by atoms with E-state index in [1.54, 1.807) is 11.3 Å². The molecule has 0 spiro atoms. The number of aliphatic carboxylic acids is 1. The van der Waals surface area contributed by atoms with Gasteiger partial charge in [-0.15, -0.1) is 11.3 Å². The summed E-state index contributed by atoms with van der Waals surface area (Å²) < 4.78 is 50.7. The number of carbonyl (C=O) groups is 1. The Hall–Kier alpha value is -2.69. The number of thiazole rings is 1. The molecule has 3 rings (SSSR count). The third-order valence-corrected chi connectivity index (χ3v) is 4.84. The van der Waals surface area contributed by atoms with Gasteiger partial charge in [0, 0.05) is 22.7 Å². The van der Waals surface area contributed by atoms with E-state index >= 15 is 0 Å². The lowest BCUT2D eigenvalue weighted by atomic mass is 10.2. The van der Waals surface area contributed by atoms with Crippen molar-refractivity contribution in [3.8, 4) is 16.3 Å². The summed E-state index contributed by atoms with van der Waals surface area (Å²) in [5, 5.41) is 8.74. The lowest BCUT2D eigenvalue weighted by molar-refractivity contribution is -0.192. The van der Waals surface area contributed by atoms with Crippen LogP contribution in [0.15, 0.2) is 54.4 Å². The molecule has 0 bridgehead atoms. The molecular weight excluding hydrogens is 448 g/mol. The topological polar surface area (TPSA) is 85.4 Å². The number of aromatic nitrogens is 1. The third-order valence-electron chi connectivity index (χ3n) is 3.53. The quantitative estimate of drug-likeness (QED) is 0.493. The first-order chi connectivity index (χ1) is 14.1. The first-order valence-electron chi connectivity index (χ1n) is 8.21. The van der Waals surface area contributed by atoms with Crippen LogP contribution < -0.4 is 10.5 Å². The summed E-state index contributed by atoms with van der Waals surface area (Å²) in [7, 11) is 0. The summed E-state index contributed by atoms with van der Waals surface area (Å²) in [6, 6.07) is 13.2. The monoisotopic (exact) mass is 462 g/mol. The Morgan fingerprint density at radius 2 is 1.87 bits per heavy atom. The molecule has 0 fully saturated rings. The van der Waals surface area contributed by atoms with Gasteiger partial charge in [0.25, 0.3) is 0 Å². The number of carboxylic acid groups (broad SMARTS) is 1. The lowest BCUT2D eigenvalue weighted by Gasteiger charge is -2.07. The first-order valence-corrected chi connectivity index (χ1v) is 9.41. The Balaban J connectivity index is 0.000000396. The molecule has 0 radical (unpaired) electrons. The van der Waals surface area contributed by atoms with E-state index in [9.17, 15) is 17.6 Å². The molecule has 5 nitrogen and oxygen atoms in total. The standard InChI is InChI=1S/C17H14ClFN2OS.C2HF3O2/c18-13-3-6-15-16(7-13)23-17(21-15)12-1-4-14(5-2-12)22-10-11(8-19)9-20;3-2(4,5)1(6)7/h1-8H,9-10,20H2;(H,6,7). The predicted molar refractivity (Wildman–Crippen MR) is 107 cm³/mol. The van der Waals surface area contributed by atoms with Gasteiger partial charge in [-0.2, -0.15) is 13.2 Å². The maximum absolute atomic E-state index is 12.4. The molecule has 11 heteroatoms. The van der Waals surface area contributed by atoms with Crippen molar-refractivity contribution in [2.45, 2.75) is 6.18 Å². The van der Waals surface area contributed by atoms with Crippen molar-refractivity contribution in [3.05, 3.63) is 59.4 Å². The molecule has 0 unspecified atom stereocenters. The van der Waals surface area contributed by atoms with Crippen molar-refractivity contribution in [2.75, 3.05) is 13.2 Å². The zero-order valence-corrected chi connectivity index (χ0v) is 16.7. The molecule has 160 valence electrons. The van der Waals surface area contributed by atoms with Gasteiger partial charge in [-0.3, -0.25) is 0 Å². The van der Waals surface area contributed by atoms with Crippen molar-refractivity contribution in [1.29, 1.82) is 0 Å². The smallest absolute Gasteiger partial charge is 0.489 e. The van der Waals surface area contributed by atoms with Gasteiger partial charge in [-0.25, -0.2) is 14.2 Å². The van der Waals surface area contributed by atoms with Gasteiger partial charge in [0.2, 0.25) is 0 Å². The molecule has 1 heterocycles. The van der Waals surface area contributed by atoms with Crippen LogP contribution in [0, 0.1) is 0 Å². The highest BCUT2D eigenvalue weighted by molar-refractivity contribution is 7.21. The number of ether oxygens (including phenoxy) is 1.